The zero-order chi connectivity index (χ0) is 14.1. The monoisotopic (exact) mass is 400 g/mol. The second-order valence-corrected chi connectivity index (χ2v) is 7.58. The van der Waals surface area contributed by atoms with E-state index in [1.165, 1.54) is 25.8 Å². The van der Waals surface area contributed by atoms with E-state index in [0.29, 0.717) is 11.5 Å². The molecule has 0 aromatic heterocycles. The molecule has 1 unspecified atom stereocenters. The van der Waals surface area contributed by atoms with Crippen molar-refractivity contribution < 1.29 is 4.79 Å². The van der Waals surface area contributed by atoms with E-state index in [1.807, 2.05) is 18.2 Å². The Hall–Kier alpha value is -0.390. The van der Waals surface area contributed by atoms with Crippen molar-refractivity contribution in [1.82, 2.24) is 10.2 Å². The fourth-order valence-electron chi connectivity index (χ4n) is 2.82. The van der Waals surface area contributed by atoms with Gasteiger partial charge < -0.3 is 10.2 Å². The van der Waals surface area contributed by atoms with Gasteiger partial charge in [0.1, 0.15) is 0 Å². The Morgan fingerprint density at radius 1 is 1.20 bits per heavy atom. The molecule has 0 radical (unpaired) electrons. The molecule has 20 heavy (non-hydrogen) atoms. The Labute approximate surface area is 136 Å². The molecule has 1 atom stereocenters. The van der Waals surface area contributed by atoms with Gasteiger partial charge in [-0.2, -0.15) is 0 Å². The van der Waals surface area contributed by atoms with Gasteiger partial charge in [-0.05, 0) is 49.9 Å². The normalized spacial score (nSPS) is 23.0. The van der Waals surface area contributed by atoms with Crippen LogP contribution in [0.5, 0.6) is 0 Å². The molecule has 5 heteroatoms. The van der Waals surface area contributed by atoms with Crippen LogP contribution in [-0.4, -0.2) is 36.5 Å². The number of hydrogen-bond acceptors (Lipinski definition) is 2. The maximum absolute atomic E-state index is 12.2. The zero-order valence-electron chi connectivity index (χ0n) is 11.2. The highest BCUT2D eigenvalue weighted by Gasteiger charge is 2.34. The Morgan fingerprint density at radius 3 is 2.55 bits per heavy atom. The Balaban J connectivity index is 1.51. The highest BCUT2D eigenvalue weighted by Crippen LogP contribution is 2.31. The van der Waals surface area contributed by atoms with Crippen LogP contribution >= 0.6 is 31.9 Å². The predicted octanol–water partition coefficient (Wildman–Crippen LogP) is 3.43. The Morgan fingerprint density at radius 2 is 1.90 bits per heavy atom. The molecule has 1 saturated carbocycles. The fraction of sp³-hybridized carbons (Fsp3) is 0.533. The third kappa shape index (κ3) is 3.62. The van der Waals surface area contributed by atoms with Gasteiger partial charge in [0, 0.05) is 33.6 Å². The van der Waals surface area contributed by atoms with Gasteiger partial charge in [0.15, 0.2) is 0 Å². The largest absolute Gasteiger partial charge is 0.352 e. The van der Waals surface area contributed by atoms with Gasteiger partial charge in [0.2, 0.25) is 0 Å². The molecule has 108 valence electrons. The standard InChI is InChI=1S/C15H18Br2N2O/c16-12-5-11(6-13(17)7-12)15(20)18-8-10-3-4-19(9-10)14-1-2-14/h5-7,10,14H,1-4,8-9H2,(H,18,20). The summed E-state index contributed by atoms with van der Waals surface area (Å²) in [5, 5.41) is 3.07. The number of nitrogens with one attached hydrogen (secondary N) is 1. The predicted molar refractivity (Wildman–Crippen MR) is 86.9 cm³/mol. The van der Waals surface area contributed by atoms with Crippen LogP contribution in [0.4, 0.5) is 0 Å². The molecular formula is C15H18Br2N2O. The third-order valence-corrected chi connectivity index (χ3v) is 4.97. The smallest absolute Gasteiger partial charge is 0.251 e. The number of carbonyl (C=O) groups excluding carboxylic acids is 1. The van der Waals surface area contributed by atoms with Crippen LogP contribution in [0.25, 0.3) is 0 Å². The first kappa shape index (κ1) is 14.5. The molecule has 0 spiro atoms. The second kappa shape index (κ2) is 6.16. The maximum atomic E-state index is 12.2. The molecule has 2 fully saturated rings. The molecule has 3 rings (SSSR count). The van der Waals surface area contributed by atoms with Gasteiger partial charge in [-0.25, -0.2) is 0 Å². The summed E-state index contributed by atoms with van der Waals surface area (Å²) in [6.07, 6.45) is 3.94. The van der Waals surface area contributed by atoms with E-state index in [-0.39, 0.29) is 5.91 Å². The van der Waals surface area contributed by atoms with Gasteiger partial charge in [0.05, 0.1) is 0 Å². The van der Waals surface area contributed by atoms with Gasteiger partial charge >= 0.3 is 0 Å². The zero-order valence-corrected chi connectivity index (χ0v) is 14.4. The number of benzene rings is 1. The van der Waals surface area contributed by atoms with E-state index in [1.54, 1.807) is 0 Å². The van der Waals surface area contributed by atoms with Crippen LogP contribution in [0.2, 0.25) is 0 Å². The molecule has 1 N–H and O–H groups in total. The van der Waals surface area contributed by atoms with E-state index < -0.39 is 0 Å². The summed E-state index contributed by atoms with van der Waals surface area (Å²) in [6.45, 7) is 3.13. The number of carbonyl (C=O) groups is 1. The summed E-state index contributed by atoms with van der Waals surface area (Å²) < 4.78 is 1.83. The van der Waals surface area contributed by atoms with E-state index in [4.69, 9.17) is 0 Å². The number of amides is 1. The summed E-state index contributed by atoms with van der Waals surface area (Å²) >= 11 is 6.83. The lowest BCUT2D eigenvalue weighted by Crippen LogP contribution is -2.31. The minimum atomic E-state index is 0.0110. The van der Waals surface area contributed by atoms with Gasteiger partial charge in [-0.1, -0.05) is 31.9 Å². The van der Waals surface area contributed by atoms with Crippen molar-refractivity contribution in [3.8, 4) is 0 Å². The van der Waals surface area contributed by atoms with E-state index >= 15 is 0 Å². The molecule has 1 heterocycles. The lowest BCUT2D eigenvalue weighted by molar-refractivity contribution is 0.0947. The van der Waals surface area contributed by atoms with E-state index in [0.717, 1.165) is 28.1 Å². The third-order valence-electron chi connectivity index (χ3n) is 4.06. The van der Waals surface area contributed by atoms with Crippen LogP contribution in [0, 0.1) is 5.92 Å². The van der Waals surface area contributed by atoms with Crippen LogP contribution in [0.3, 0.4) is 0 Å². The van der Waals surface area contributed by atoms with Crippen LogP contribution in [-0.2, 0) is 0 Å². The highest BCUT2D eigenvalue weighted by molar-refractivity contribution is 9.11. The summed E-state index contributed by atoms with van der Waals surface area (Å²) in [6, 6.07) is 6.48. The molecule has 1 amide bonds. The topological polar surface area (TPSA) is 32.3 Å². The molecule has 0 bridgehead atoms. The first-order valence-electron chi connectivity index (χ1n) is 7.10. The average molecular weight is 402 g/mol. The van der Waals surface area contributed by atoms with Crippen molar-refractivity contribution in [2.45, 2.75) is 25.3 Å². The summed E-state index contributed by atoms with van der Waals surface area (Å²) in [4.78, 5) is 14.7. The maximum Gasteiger partial charge on any atom is 0.251 e. The van der Waals surface area contributed by atoms with E-state index in [9.17, 15) is 4.79 Å². The minimum Gasteiger partial charge on any atom is -0.352 e. The van der Waals surface area contributed by atoms with Gasteiger partial charge in [-0.3, -0.25) is 4.79 Å². The van der Waals surface area contributed by atoms with Crippen molar-refractivity contribution in [2.24, 2.45) is 5.92 Å². The summed E-state index contributed by atoms with van der Waals surface area (Å²) in [5.74, 6) is 0.618. The van der Waals surface area contributed by atoms with Crippen molar-refractivity contribution in [2.75, 3.05) is 19.6 Å². The van der Waals surface area contributed by atoms with Gasteiger partial charge in [0.25, 0.3) is 5.91 Å². The molecule has 1 aliphatic carbocycles. The minimum absolute atomic E-state index is 0.0110. The number of hydrogen-bond donors (Lipinski definition) is 1. The summed E-state index contributed by atoms with van der Waals surface area (Å²) in [7, 11) is 0. The van der Waals surface area contributed by atoms with Crippen molar-refractivity contribution >= 4 is 37.8 Å². The molecule has 2 aliphatic rings. The molecule has 1 saturated heterocycles. The van der Waals surface area contributed by atoms with Gasteiger partial charge in [-0.15, -0.1) is 0 Å². The SMILES string of the molecule is O=C(NCC1CCN(C2CC2)C1)c1cc(Br)cc(Br)c1. The molecule has 3 nitrogen and oxygen atoms in total. The van der Waals surface area contributed by atoms with Crippen molar-refractivity contribution in [1.29, 1.82) is 0 Å². The number of likely N-dealkylation sites (tertiary alicyclic amines) is 1. The molecule has 1 aromatic rings. The fourth-order valence-corrected chi connectivity index (χ4v) is 4.12. The Kier molecular flexibility index (Phi) is 4.48. The summed E-state index contributed by atoms with van der Waals surface area (Å²) in [5.41, 5.74) is 0.697. The van der Waals surface area contributed by atoms with Crippen LogP contribution in [0.1, 0.15) is 29.6 Å². The number of nitrogens with zero attached hydrogens (tertiary/aromatic N) is 1. The van der Waals surface area contributed by atoms with Crippen LogP contribution in [0.15, 0.2) is 27.1 Å². The van der Waals surface area contributed by atoms with Crippen LogP contribution < -0.4 is 5.32 Å². The average Bonchev–Trinajstić information content (AvgIpc) is 3.14. The quantitative estimate of drug-likeness (QED) is 0.838. The highest BCUT2D eigenvalue weighted by atomic mass is 79.9. The number of rotatable bonds is 4. The van der Waals surface area contributed by atoms with E-state index in [2.05, 4.69) is 42.1 Å². The molecule has 1 aromatic carbocycles. The molecular weight excluding hydrogens is 384 g/mol. The number of halogens is 2. The first-order valence-corrected chi connectivity index (χ1v) is 8.69. The van der Waals surface area contributed by atoms with Crippen molar-refractivity contribution in [3.63, 3.8) is 0 Å². The second-order valence-electron chi connectivity index (χ2n) is 5.75. The lowest BCUT2D eigenvalue weighted by Gasteiger charge is -2.15. The van der Waals surface area contributed by atoms with Crippen molar-refractivity contribution in [3.05, 3.63) is 32.7 Å². The lowest BCUT2D eigenvalue weighted by atomic mass is 10.1. The Bertz CT molecular complexity index is 496. The molecule has 1 aliphatic heterocycles. The first-order chi connectivity index (χ1) is 9.61.